The number of sulfonamides is 1. The fourth-order valence-electron chi connectivity index (χ4n) is 1.86. The van der Waals surface area contributed by atoms with Gasteiger partial charge in [-0.25, -0.2) is 18.5 Å². The van der Waals surface area contributed by atoms with Gasteiger partial charge in [-0.2, -0.15) is 13.2 Å². The van der Waals surface area contributed by atoms with Gasteiger partial charge in [0.25, 0.3) is 5.91 Å². The molecule has 0 unspecified atom stereocenters. The average Bonchev–Trinajstić information content (AvgIpc) is 2.96. The zero-order valence-corrected chi connectivity index (χ0v) is 13.6. The van der Waals surface area contributed by atoms with Crippen LogP contribution in [0.1, 0.15) is 20.9 Å². The third kappa shape index (κ3) is 4.52. The summed E-state index contributed by atoms with van der Waals surface area (Å²) in [7, 11) is -3.78. The van der Waals surface area contributed by atoms with Gasteiger partial charge in [0.05, 0.1) is 10.4 Å². The molecule has 1 heterocycles. The SMILES string of the molecule is NS(=O)(=O)c1ccc(CCNC(=O)c2scnc2C(F)(F)F)cc1. The van der Waals surface area contributed by atoms with Gasteiger partial charge in [-0.3, -0.25) is 4.79 Å². The van der Waals surface area contributed by atoms with Crippen LogP contribution in [0.2, 0.25) is 0 Å². The number of benzene rings is 1. The van der Waals surface area contributed by atoms with Crippen molar-refractivity contribution in [2.75, 3.05) is 6.54 Å². The molecule has 130 valence electrons. The Morgan fingerprint density at radius 3 is 2.42 bits per heavy atom. The normalized spacial score (nSPS) is 12.2. The number of hydrogen-bond acceptors (Lipinski definition) is 5. The van der Waals surface area contributed by atoms with E-state index in [0.717, 1.165) is 5.51 Å². The second-order valence-electron chi connectivity index (χ2n) is 4.72. The number of thiazole rings is 1. The first-order valence-corrected chi connectivity index (χ1v) is 8.92. The highest BCUT2D eigenvalue weighted by atomic mass is 32.2. The van der Waals surface area contributed by atoms with Crippen LogP contribution in [-0.4, -0.2) is 25.9 Å². The lowest BCUT2D eigenvalue weighted by atomic mass is 10.1. The predicted molar refractivity (Wildman–Crippen MR) is 81.0 cm³/mol. The number of nitrogens with one attached hydrogen (secondary N) is 1. The van der Waals surface area contributed by atoms with E-state index >= 15 is 0 Å². The number of aromatic nitrogens is 1. The lowest BCUT2D eigenvalue weighted by molar-refractivity contribution is -0.141. The van der Waals surface area contributed by atoms with Crippen molar-refractivity contribution in [1.29, 1.82) is 0 Å². The number of halogens is 3. The van der Waals surface area contributed by atoms with E-state index < -0.39 is 32.7 Å². The molecule has 0 saturated heterocycles. The Morgan fingerprint density at radius 2 is 1.88 bits per heavy atom. The molecule has 0 bridgehead atoms. The van der Waals surface area contributed by atoms with Crippen LogP contribution in [0.4, 0.5) is 13.2 Å². The Morgan fingerprint density at radius 1 is 1.25 bits per heavy atom. The monoisotopic (exact) mass is 379 g/mol. The molecule has 6 nitrogen and oxygen atoms in total. The first-order chi connectivity index (χ1) is 11.1. The van der Waals surface area contributed by atoms with Crippen molar-refractivity contribution >= 4 is 27.3 Å². The molecule has 24 heavy (non-hydrogen) atoms. The van der Waals surface area contributed by atoms with Gasteiger partial charge < -0.3 is 5.32 Å². The topological polar surface area (TPSA) is 102 Å². The maximum atomic E-state index is 12.7. The molecule has 0 saturated carbocycles. The molecule has 1 aromatic carbocycles. The summed E-state index contributed by atoms with van der Waals surface area (Å²) in [5, 5.41) is 7.35. The summed E-state index contributed by atoms with van der Waals surface area (Å²) in [4.78, 5) is 14.4. The number of carbonyl (C=O) groups excluding carboxylic acids is 1. The van der Waals surface area contributed by atoms with E-state index in [4.69, 9.17) is 5.14 Å². The van der Waals surface area contributed by atoms with Crippen LogP contribution in [0.15, 0.2) is 34.7 Å². The molecule has 0 fully saturated rings. The van der Waals surface area contributed by atoms with Crippen LogP contribution in [0.25, 0.3) is 0 Å². The van der Waals surface area contributed by atoms with Gasteiger partial charge in [0.1, 0.15) is 4.88 Å². The molecule has 11 heteroatoms. The van der Waals surface area contributed by atoms with Crippen LogP contribution >= 0.6 is 11.3 Å². The van der Waals surface area contributed by atoms with Crippen molar-refractivity contribution in [3.8, 4) is 0 Å². The molecule has 1 amide bonds. The molecule has 2 aromatic rings. The van der Waals surface area contributed by atoms with Crippen molar-refractivity contribution < 1.29 is 26.4 Å². The van der Waals surface area contributed by atoms with E-state index in [9.17, 15) is 26.4 Å². The van der Waals surface area contributed by atoms with Gasteiger partial charge in [-0.1, -0.05) is 12.1 Å². The summed E-state index contributed by atoms with van der Waals surface area (Å²) in [6.07, 6.45) is -4.37. The summed E-state index contributed by atoms with van der Waals surface area (Å²) in [6, 6.07) is 5.66. The molecular weight excluding hydrogens is 367 g/mol. The molecule has 0 atom stereocenters. The number of alkyl halides is 3. The van der Waals surface area contributed by atoms with E-state index in [1.54, 1.807) is 0 Å². The molecular formula is C13H12F3N3O3S2. The van der Waals surface area contributed by atoms with Gasteiger partial charge in [-0.05, 0) is 24.1 Å². The van der Waals surface area contributed by atoms with Crippen molar-refractivity contribution in [3.63, 3.8) is 0 Å². The average molecular weight is 379 g/mol. The summed E-state index contributed by atoms with van der Waals surface area (Å²) >= 11 is 0.612. The lowest BCUT2D eigenvalue weighted by Gasteiger charge is -2.08. The van der Waals surface area contributed by atoms with E-state index in [0.29, 0.717) is 23.3 Å². The van der Waals surface area contributed by atoms with Gasteiger partial charge in [0.2, 0.25) is 10.0 Å². The molecule has 0 aliphatic heterocycles. The predicted octanol–water partition coefficient (Wildman–Crippen LogP) is 1.78. The Kier molecular flexibility index (Phi) is 5.26. The van der Waals surface area contributed by atoms with Crippen LogP contribution in [0.3, 0.4) is 0 Å². The molecule has 3 N–H and O–H groups in total. The molecule has 0 radical (unpaired) electrons. The molecule has 0 aliphatic carbocycles. The van der Waals surface area contributed by atoms with Gasteiger partial charge >= 0.3 is 6.18 Å². The zero-order valence-electron chi connectivity index (χ0n) is 12.0. The Labute approximate surface area is 139 Å². The van der Waals surface area contributed by atoms with Crippen molar-refractivity contribution in [3.05, 3.63) is 45.9 Å². The number of rotatable bonds is 5. The second-order valence-corrected chi connectivity index (χ2v) is 7.14. The van der Waals surface area contributed by atoms with Gasteiger partial charge in [0.15, 0.2) is 5.69 Å². The smallest absolute Gasteiger partial charge is 0.351 e. The van der Waals surface area contributed by atoms with Crippen LogP contribution in [0, 0.1) is 0 Å². The van der Waals surface area contributed by atoms with E-state index in [1.165, 1.54) is 24.3 Å². The number of primary sulfonamides is 1. The highest BCUT2D eigenvalue weighted by molar-refractivity contribution is 7.89. The third-order valence-electron chi connectivity index (χ3n) is 2.99. The van der Waals surface area contributed by atoms with Crippen molar-refractivity contribution in [2.45, 2.75) is 17.5 Å². The number of carbonyl (C=O) groups is 1. The van der Waals surface area contributed by atoms with Crippen LogP contribution in [-0.2, 0) is 22.6 Å². The summed E-state index contributed by atoms with van der Waals surface area (Å²) in [5.41, 5.74) is 0.453. The van der Waals surface area contributed by atoms with Crippen molar-refractivity contribution in [1.82, 2.24) is 10.3 Å². The fraction of sp³-hybridized carbons (Fsp3) is 0.231. The highest BCUT2D eigenvalue weighted by Gasteiger charge is 2.38. The minimum absolute atomic E-state index is 0.0465. The number of amides is 1. The third-order valence-corrected chi connectivity index (χ3v) is 4.75. The summed E-state index contributed by atoms with van der Waals surface area (Å²) in [5.74, 6) is -0.856. The van der Waals surface area contributed by atoms with E-state index in [2.05, 4.69) is 10.3 Å². The van der Waals surface area contributed by atoms with E-state index in [1.807, 2.05) is 0 Å². The minimum Gasteiger partial charge on any atom is -0.351 e. The number of nitrogens with zero attached hydrogens (tertiary/aromatic N) is 1. The molecule has 1 aromatic heterocycles. The Hall–Kier alpha value is -1.98. The van der Waals surface area contributed by atoms with Gasteiger partial charge in [-0.15, -0.1) is 11.3 Å². The Balaban J connectivity index is 1.95. The number of nitrogens with two attached hydrogens (primary N) is 1. The number of hydrogen-bond donors (Lipinski definition) is 2. The Bertz CT molecular complexity index is 830. The summed E-state index contributed by atoms with van der Waals surface area (Å²) in [6.45, 7) is 0.0861. The van der Waals surface area contributed by atoms with E-state index in [-0.39, 0.29) is 11.4 Å². The fourth-order valence-corrected chi connectivity index (χ4v) is 3.09. The molecule has 2 rings (SSSR count). The standard InChI is InChI=1S/C13H12F3N3O3S2/c14-13(15,16)11-10(23-7-19-11)12(20)18-6-5-8-1-3-9(4-2-8)24(17,21)22/h1-4,7H,5-6H2,(H,18,20)(H2,17,21,22). The largest absolute Gasteiger partial charge is 0.434 e. The minimum atomic E-state index is -4.68. The highest BCUT2D eigenvalue weighted by Crippen LogP contribution is 2.32. The molecule has 0 spiro atoms. The lowest BCUT2D eigenvalue weighted by Crippen LogP contribution is -2.27. The van der Waals surface area contributed by atoms with Gasteiger partial charge in [0, 0.05) is 6.54 Å². The van der Waals surface area contributed by atoms with Crippen LogP contribution < -0.4 is 10.5 Å². The first kappa shape index (κ1) is 18.4. The maximum absolute atomic E-state index is 12.7. The van der Waals surface area contributed by atoms with Crippen LogP contribution in [0.5, 0.6) is 0 Å². The molecule has 0 aliphatic rings. The maximum Gasteiger partial charge on any atom is 0.434 e. The second kappa shape index (κ2) is 6.87. The van der Waals surface area contributed by atoms with Crippen molar-refractivity contribution in [2.24, 2.45) is 5.14 Å². The summed E-state index contributed by atoms with van der Waals surface area (Å²) < 4.78 is 60.2. The zero-order chi connectivity index (χ0) is 18.0. The quantitative estimate of drug-likeness (QED) is 0.827. The first-order valence-electron chi connectivity index (χ1n) is 6.49.